The second kappa shape index (κ2) is 10.7. The lowest BCUT2D eigenvalue weighted by molar-refractivity contribution is -0.394. The predicted octanol–water partition coefficient (Wildman–Crippen LogP) is 7.02. The highest BCUT2D eigenvalue weighted by Gasteiger charge is 2.34. The van der Waals surface area contributed by atoms with Crippen molar-refractivity contribution in [1.29, 1.82) is 0 Å². The highest BCUT2D eigenvalue weighted by molar-refractivity contribution is 8.27. The maximum atomic E-state index is 13.1. The second-order valence-electron chi connectivity index (χ2n) is 7.29. The molecule has 0 bridgehead atoms. The monoisotopic (exact) mass is 577 g/mol. The van der Waals surface area contributed by atoms with Gasteiger partial charge in [-0.3, -0.25) is 29.9 Å². The number of carbonyl (C=O) groups is 1. The minimum absolute atomic E-state index is 0.122. The maximum absolute atomic E-state index is 13.1. The summed E-state index contributed by atoms with van der Waals surface area (Å²) in [7, 11) is 1.37. The summed E-state index contributed by atoms with van der Waals surface area (Å²) in [5.74, 6) is -0.253. The Morgan fingerprint density at radius 2 is 1.70 bits per heavy atom. The molecule has 10 nitrogen and oxygen atoms in total. The van der Waals surface area contributed by atoms with Gasteiger partial charge in [0.2, 0.25) is 5.75 Å². The van der Waals surface area contributed by atoms with Crippen LogP contribution in [0.2, 0.25) is 10.0 Å². The van der Waals surface area contributed by atoms with Gasteiger partial charge < -0.3 is 9.47 Å². The number of thiocarbonyl (C=S) groups is 1. The van der Waals surface area contributed by atoms with Crippen molar-refractivity contribution in [2.75, 3.05) is 12.0 Å². The van der Waals surface area contributed by atoms with Crippen molar-refractivity contribution in [2.24, 2.45) is 0 Å². The molecule has 0 radical (unpaired) electrons. The van der Waals surface area contributed by atoms with Crippen molar-refractivity contribution in [3.63, 3.8) is 0 Å². The molecule has 0 N–H and O–H groups in total. The largest absolute Gasteiger partial charge is 0.493 e. The number of anilines is 1. The van der Waals surface area contributed by atoms with Crippen LogP contribution in [-0.2, 0) is 4.79 Å². The molecule has 1 aliphatic rings. The zero-order valence-electron chi connectivity index (χ0n) is 18.5. The zero-order chi connectivity index (χ0) is 26.9. The Morgan fingerprint density at radius 3 is 2.35 bits per heavy atom. The van der Waals surface area contributed by atoms with Gasteiger partial charge in [0.05, 0.1) is 38.6 Å². The Labute approximate surface area is 228 Å². The normalized spacial score (nSPS) is 14.2. The molecule has 3 aromatic carbocycles. The van der Waals surface area contributed by atoms with Gasteiger partial charge in [-0.1, -0.05) is 53.2 Å². The van der Waals surface area contributed by atoms with Crippen LogP contribution in [-0.4, -0.2) is 27.2 Å². The highest BCUT2D eigenvalue weighted by atomic mass is 35.5. The van der Waals surface area contributed by atoms with Crippen LogP contribution in [0.15, 0.2) is 59.5 Å². The van der Waals surface area contributed by atoms with E-state index in [1.54, 1.807) is 30.3 Å². The summed E-state index contributed by atoms with van der Waals surface area (Å²) in [6.07, 6.45) is 1.60. The molecule has 0 atom stereocenters. The smallest absolute Gasteiger partial charge is 0.318 e. The van der Waals surface area contributed by atoms with E-state index in [2.05, 4.69) is 0 Å². The average molecular weight is 578 g/mol. The molecule has 1 amide bonds. The SMILES string of the molecule is COc1cc(/C=C2\SC(=S)N(c3ccc(Cl)cc3Cl)C2=O)ccc1Oc1ccc([N+](=O)[O-])cc1[N+](=O)[O-]. The van der Waals surface area contributed by atoms with Gasteiger partial charge in [0.15, 0.2) is 15.8 Å². The van der Waals surface area contributed by atoms with Gasteiger partial charge in [0.25, 0.3) is 11.6 Å². The quantitative estimate of drug-likeness (QED) is 0.126. The number of amides is 1. The lowest BCUT2D eigenvalue weighted by atomic mass is 10.1. The number of benzene rings is 3. The van der Waals surface area contributed by atoms with Crippen molar-refractivity contribution in [3.8, 4) is 17.2 Å². The molecule has 37 heavy (non-hydrogen) atoms. The van der Waals surface area contributed by atoms with Crippen molar-refractivity contribution in [2.45, 2.75) is 0 Å². The minimum Gasteiger partial charge on any atom is -0.493 e. The maximum Gasteiger partial charge on any atom is 0.318 e. The fourth-order valence-corrected chi connectivity index (χ4v) is 5.09. The molecule has 0 unspecified atom stereocenters. The number of thioether (sulfide) groups is 1. The molecule has 0 spiro atoms. The van der Waals surface area contributed by atoms with E-state index in [0.29, 0.717) is 21.2 Å². The summed E-state index contributed by atoms with van der Waals surface area (Å²) in [5.41, 5.74) is -0.0588. The molecule has 14 heteroatoms. The third-order valence-corrected chi connectivity index (χ3v) is 6.84. The molecule has 1 heterocycles. The van der Waals surface area contributed by atoms with Crippen LogP contribution in [0, 0.1) is 20.2 Å². The van der Waals surface area contributed by atoms with Crippen LogP contribution in [0.25, 0.3) is 6.08 Å². The first-order valence-corrected chi connectivity index (χ1v) is 12.1. The third kappa shape index (κ3) is 5.52. The van der Waals surface area contributed by atoms with Crippen molar-refractivity contribution in [1.82, 2.24) is 0 Å². The number of nitrogens with zero attached hydrogens (tertiary/aromatic N) is 3. The zero-order valence-corrected chi connectivity index (χ0v) is 21.7. The first-order valence-electron chi connectivity index (χ1n) is 10.1. The van der Waals surface area contributed by atoms with Gasteiger partial charge in [0.1, 0.15) is 0 Å². The van der Waals surface area contributed by atoms with Gasteiger partial charge in [-0.2, -0.15) is 0 Å². The number of hydrogen-bond donors (Lipinski definition) is 0. The third-order valence-electron chi connectivity index (χ3n) is 5.00. The van der Waals surface area contributed by atoms with E-state index in [1.807, 2.05) is 0 Å². The molecule has 1 aliphatic heterocycles. The van der Waals surface area contributed by atoms with E-state index in [1.165, 1.54) is 24.1 Å². The van der Waals surface area contributed by atoms with Gasteiger partial charge in [0, 0.05) is 11.1 Å². The molecule has 0 aliphatic carbocycles. The summed E-state index contributed by atoms with van der Waals surface area (Å²) < 4.78 is 11.3. The molecular formula is C23H13Cl2N3O7S2. The first-order chi connectivity index (χ1) is 17.6. The number of methoxy groups -OCH3 is 1. The second-order valence-corrected chi connectivity index (χ2v) is 9.81. The molecule has 4 rings (SSSR count). The Kier molecular flexibility index (Phi) is 7.64. The molecule has 1 fully saturated rings. The van der Waals surface area contributed by atoms with E-state index in [-0.39, 0.29) is 32.5 Å². The Balaban J connectivity index is 1.63. The van der Waals surface area contributed by atoms with Crippen molar-refractivity contribution >= 4 is 80.5 Å². The number of nitro groups is 2. The number of ether oxygens (including phenoxy) is 2. The van der Waals surface area contributed by atoms with Gasteiger partial charge in [-0.05, 0) is 48.0 Å². The number of non-ortho nitro benzene ring substituents is 1. The van der Waals surface area contributed by atoms with Crippen LogP contribution in [0.4, 0.5) is 17.1 Å². The molecule has 0 saturated carbocycles. The Bertz CT molecular complexity index is 1510. The van der Waals surface area contributed by atoms with Crippen molar-refractivity contribution in [3.05, 3.63) is 95.3 Å². The number of carbonyl (C=O) groups excluding carboxylic acids is 1. The lowest BCUT2D eigenvalue weighted by Crippen LogP contribution is -2.27. The fraction of sp³-hybridized carbons (Fsp3) is 0.0435. The predicted molar refractivity (Wildman–Crippen MR) is 145 cm³/mol. The first kappa shape index (κ1) is 26.4. The minimum atomic E-state index is -0.780. The van der Waals surface area contributed by atoms with Crippen LogP contribution in [0.1, 0.15) is 5.56 Å². The van der Waals surface area contributed by atoms with Crippen LogP contribution in [0.3, 0.4) is 0 Å². The van der Waals surface area contributed by atoms with E-state index < -0.39 is 21.2 Å². The topological polar surface area (TPSA) is 125 Å². The lowest BCUT2D eigenvalue weighted by Gasteiger charge is -2.16. The standard InChI is InChI=1S/C23H13Cl2N3O7S2/c1-34-20-8-12(2-6-19(20)35-18-7-4-14(27(30)31)11-17(18)28(32)33)9-21-22(29)26(23(36)37-21)16-5-3-13(24)10-15(16)25/h2-11H,1H3/b21-9-. The van der Waals surface area contributed by atoms with Crippen LogP contribution >= 0.6 is 47.2 Å². The highest BCUT2D eigenvalue weighted by Crippen LogP contribution is 2.41. The summed E-state index contributed by atoms with van der Waals surface area (Å²) in [5, 5.41) is 23.1. The van der Waals surface area contributed by atoms with E-state index in [0.717, 1.165) is 30.0 Å². The summed E-state index contributed by atoms with van der Waals surface area (Å²) in [6.45, 7) is 0. The van der Waals surface area contributed by atoms with E-state index in [9.17, 15) is 25.0 Å². The molecular weight excluding hydrogens is 565 g/mol. The number of halogens is 2. The van der Waals surface area contributed by atoms with Crippen LogP contribution in [0.5, 0.6) is 17.2 Å². The van der Waals surface area contributed by atoms with Gasteiger partial charge >= 0.3 is 5.69 Å². The van der Waals surface area contributed by atoms with E-state index >= 15 is 0 Å². The van der Waals surface area contributed by atoms with E-state index in [4.69, 9.17) is 44.9 Å². The number of hydrogen-bond acceptors (Lipinski definition) is 9. The average Bonchev–Trinajstić information content (AvgIpc) is 3.12. The summed E-state index contributed by atoms with van der Waals surface area (Å²) >= 11 is 18.7. The molecule has 3 aromatic rings. The fourth-order valence-electron chi connectivity index (χ4n) is 3.31. The number of nitro benzene ring substituents is 2. The summed E-state index contributed by atoms with van der Waals surface area (Å²) in [6, 6.07) is 12.4. The van der Waals surface area contributed by atoms with Crippen LogP contribution < -0.4 is 14.4 Å². The molecule has 0 aromatic heterocycles. The van der Waals surface area contributed by atoms with Gasteiger partial charge in [-0.25, -0.2) is 0 Å². The van der Waals surface area contributed by atoms with Gasteiger partial charge in [-0.15, -0.1) is 0 Å². The Morgan fingerprint density at radius 1 is 0.973 bits per heavy atom. The summed E-state index contributed by atoms with van der Waals surface area (Å²) in [4.78, 5) is 35.6. The Hall–Kier alpha value is -3.71. The van der Waals surface area contributed by atoms with Crippen molar-refractivity contribution < 1.29 is 24.1 Å². The molecule has 188 valence electrons. The number of rotatable bonds is 7. The molecule has 1 saturated heterocycles.